The fraction of sp³-hybridized carbons (Fsp3) is 0.444. The van der Waals surface area contributed by atoms with Crippen molar-refractivity contribution in [1.29, 1.82) is 0 Å². The molecule has 0 aliphatic carbocycles. The van der Waals surface area contributed by atoms with Gasteiger partial charge in [0, 0.05) is 7.05 Å². The molecule has 0 saturated carbocycles. The molecule has 1 unspecified atom stereocenters. The van der Waals surface area contributed by atoms with Crippen LogP contribution in [0.25, 0.3) is 0 Å². The third kappa shape index (κ3) is 3.04. The lowest BCUT2D eigenvalue weighted by atomic mass is 10.3. The highest BCUT2D eigenvalue weighted by Gasteiger charge is 2.24. The number of nitro groups is 1. The number of nitrogens with zero attached hydrogens (tertiary/aromatic N) is 3. The molecule has 98 valence electrons. The first-order valence-electron chi connectivity index (χ1n) is 5.03. The van der Waals surface area contributed by atoms with E-state index in [4.69, 9.17) is 11.6 Å². The van der Waals surface area contributed by atoms with E-state index < -0.39 is 11.0 Å². The molecule has 1 rings (SSSR count). The first-order chi connectivity index (χ1) is 8.36. The molecule has 0 fully saturated rings. The summed E-state index contributed by atoms with van der Waals surface area (Å²) in [4.78, 5) is 29.1. The Morgan fingerprint density at radius 1 is 1.50 bits per heavy atom. The van der Waals surface area contributed by atoms with Crippen molar-refractivity contribution in [2.75, 3.05) is 12.4 Å². The minimum atomic E-state index is -0.681. The molecule has 1 aromatic heterocycles. The van der Waals surface area contributed by atoms with Crippen molar-refractivity contribution in [3.63, 3.8) is 0 Å². The molecule has 9 heteroatoms. The van der Waals surface area contributed by atoms with Gasteiger partial charge in [-0.25, -0.2) is 4.98 Å². The maximum absolute atomic E-state index is 11.3. The molecule has 0 saturated heterocycles. The fourth-order valence-electron chi connectivity index (χ4n) is 1.34. The lowest BCUT2D eigenvalue weighted by Crippen LogP contribution is -2.35. The van der Waals surface area contributed by atoms with Gasteiger partial charge in [0.2, 0.25) is 17.0 Å². The summed E-state index contributed by atoms with van der Waals surface area (Å²) >= 11 is 5.64. The van der Waals surface area contributed by atoms with E-state index in [1.807, 2.05) is 0 Å². The van der Waals surface area contributed by atoms with Crippen LogP contribution in [0, 0.1) is 17.0 Å². The average Bonchev–Trinajstić information content (AvgIpc) is 2.26. The number of aromatic nitrogens is 2. The second kappa shape index (κ2) is 5.58. The van der Waals surface area contributed by atoms with Gasteiger partial charge in [-0.05, 0) is 25.4 Å². The SMILES string of the molecule is CNC(=O)C(C)Nc1nc(Cl)nc(C)c1[N+](=O)[O-]. The summed E-state index contributed by atoms with van der Waals surface area (Å²) in [5.41, 5.74) is -0.165. The second-order valence-corrected chi connectivity index (χ2v) is 3.85. The summed E-state index contributed by atoms with van der Waals surface area (Å²) in [5, 5.41) is 15.8. The van der Waals surface area contributed by atoms with Gasteiger partial charge >= 0.3 is 5.69 Å². The van der Waals surface area contributed by atoms with Crippen LogP contribution >= 0.6 is 11.6 Å². The average molecular weight is 274 g/mol. The normalized spacial score (nSPS) is 11.8. The standard InChI is InChI=1S/C9H12ClN5O3/c1-4-6(15(17)18)7(14-9(10)13-4)12-5(2)8(16)11-3/h5H,1-3H3,(H,11,16)(H,12,13,14). The molecule has 0 spiro atoms. The summed E-state index contributed by atoms with van der Waals surface area (Å²) < 4.78 is 0. The smallest absolute Gasteiger partial charge is 0.332 e. The Morgan fingerprint density at radius 3 is 2.61 bits per heavy atom. The van der Waals surface area contributed by atoms with Gasteiger partial charge in [0.15, 0.2) is 0 Å². The second-order valence-electron chi connectivity index (χ2n) is 3.51. The number of likely N-dealkylation sites (N-methyl/N-ethyl adjacent to an activating group) is 1. The van der Waals surface area contributed by atoms with Gasteiger partial charge in [-0.2, -0.15) is 4.98 Å². The Balaban J connectivity index is 3.15. The number of amides is 1. The first-order valence-corrected chi connectivity index (χ1v) is 5.41. The summed E-state index contributed by atoms with van der Waals surface area (Å²) in [6, 6.07) is -0.681. The van der Waals surface area contributed by atoms with Crippen molar-refractivity contribution >= 4 is 29.0 Å². The number of hydrogen-bond acceptors (Lipinski definition) is 6. The zero-order valence-electron chi connectivity index (χ0n) is 10.0. The van der Waals surface area contributed by atoms with Crippen molar-refractivity contribution in [1.82, 2.24) is 15.3 Å². The summed E-state index contributed by atoms with van der Waals surface area (Å²) in [6.45, 7) is 3.00. The molecule has 0 radical (unpaired) electrons. The number of aryl methyl sites for hydroxylation is 1. The van der Waals surface area contributed by atoms with Crippen LogP contribution in [0.15, 0.2) is 0 Å². The summed E-state index contributed by atoms with van der Waals surface area (Å²) in [5.74, 6) is -0.398. The monoisotopic (exact) mass is 273 g/mol. The highest BCUT2D eigenvalue weighted by Crippen LogP contribution is 2.26. The topological polar surface area (TPSA) is 110 Å². The van der Waals surface area contributed by atoms with E-state index in [0.717, 1.165) is 0 Å². The largest absolute Gasteiger partial charge is 0.357 e. The van der Waals surface area contributed by atoms with Gasteiger partial charge in [0.05, 0.1) is 4.92 Å². The zero-order valence-corrected chi connectivity index (χ0v) is 10.8. The Kier molecular flexibility index (Phi) is 4.38. The highest BCUT2D eigenvalue weighted by molar-refractivity contribution is 6.28. The molecule has 8 nitrogen and oxygen atoms in total. The maximum Gasteiger partial charge on any atom is 0.332 e. The first kappa shape index (κ1) is 14.1. The van der Waals surface area contributed by atoms with E-state index in [1.165, 1.54) is 14.0 Å². The lowest BCUT2D eigenvalue weighted by molar-refractivity contribution is -0.385. The third-order valence-electron chi connectivity index (χ3n) is 2.21. The molecule has 18 heavy (non-hydrogen) atoms. The molecule has 1 amide bonds. The Labute approximate surface area is 108 Å². The minimum absolute atomic E-state index is 0.0754. The summed E-state index contributed by atoms with van der Waals surface area (Å²) in [6.07, 6.45) is 0. The van der Waals surface area contributed by atoms with Crippen molar-refractivity contribution in [3.8, 4) is 0 Å². The molecular weight excluding hydrogens is 262 g/mol. The molecule has 1 heterocycles. The van der Waals surface area contributed by atoms with Gasteiger partial charge in [0.25, 0.3) is 0 Å². The summed E-state index contributed by atoms with van der Waals surface area (Å²) in [7, 11) is 1.47. The van der Waals surface area contributed by atoms with Crippen molar-refractivity contribution < 1.29 is 9.72 Å². The van der Waals surface area contributed by atoms with Crippen LogP contribution in [-0.4, -0.2) is 33.9 Å². The Bertz CT molecular complexity index is 493. The van der Waals surface area contributed by atoms with Crippen LogP contribution in [0.3, 0.4) is 0 Å². The van der Waals surface area contributed by atoms with Gasteiger partial charge in [-0.3, -0.25) is 14.9 Å². The van der Waals surface area contributed by atoms with Crippen LogP contribution in [0.5, 0.6) is 0 Å². The van der Waals surface area contributed by atoms with Crippen LogP contribution in [-0.2, 0) is 4.79 Å². The number of anilines is 1. The van der Waals surface area contributed by atoms with E-state index in [9.17, 15) is 14.9 Å². The van der Waals surface area contributed by atoms with E-state index in [-0.39, 0.29) is 28.4 Å². The number of carbonyl (C=O) groups is 1. The molecule has 0 aromatic carbocycles. The van der Waals surface area contributed by atoms with Crippen LogP contribution < -0.4 is 10.6 Å². The molecule has 0 aliphatic heterocycles. The van der Waals surface area contributed by atoms with Gasteiger partial charge in [-0.1, -0.05) is 0 Å². The predicted octanol–water partition coefficient (Wildman–Crippen LogP) is 0.893. The molecule has 1 atom stereocenters. The number of nitrogens with one attached hydrogen (secondary N) is 2. The molecule has 0 aliphatic rings. The van der Waals surface area contributed by atoms with E-state index in [2.05, 4.69) is 20.6 Å². The van der Waals surface area contributed by atoms with Crippen LogP contribution in [0.2, 0.25) is 5.28 Å². The molecular formula is C9H12ClN5O3. The maximum atomic E-state index is 11.3. The van der Waals surface area contributed by atoms with Crippen LogP contribution in [0.4, 0.5) is 11.5 Å². The van der Waals surface area contributed by atoms with Crippen molar-refractivity contribution in [3.05, 3.63) is 21.1 Å². The van der Waals surface area contributed by atoms with Crippen molar-refractivity contribution in [2.45, 2.75) is 19.9 Å². The van der Waals surface area contributed by atoms with E-state index >= 15 is 0 Å². The quantitative estimate of drug-likeness (QED) is 0.479. The highest BCUT2D eigenvalue weighted by atomic mass is 35.5. The number of carbonyl (C=O) groups excluding carboxylic acids is 1. The Morgan fingerprint density at radius 2 is 2.11 bits per heavy atom. The third-order valence-corrected chi connectivity index (χ3v) is 2.38. The number of hydrogen-bond donors (Lipinski definition) is 2. The number of halogens is 1. The van der Waals surface area contributed by atoms with Gasteiger partial charge in [-0.15, -0.1) is 0 Å². The lowest BCUT2D eigenvalue weighted by Gasteiger charge is -2.13. The van der Waals surface area contributed by atoms with Gasteiger partial charge in [0.1, 0.15) is 11.7 Å². The zero-order chi connectivity index (χ0) is 13.9. The minimum Gasteiger partial charge on any atom is -0.357 e. The van der Waals surface area contributed by atoms with E-state index in [0.29, 0.717) is 0 Å². The molecule has 2 N–H and O–H groups in total. The number of rotatable bonds is 4. The predicted molar refractivity (Wildman–Crippen MR) is 65.6 cm³/mol. The molecule has 1 aromatic rings. The molecule has 0 bridgehead atoms. The Hall–Kier alpha value is -1.96. The van der Waals surface area contributed by atoms with Crippen molar-refractivity contribution in [2.24, 2.45) is 0 Å². The van der Waals surface area contributed by atoms with E-state index in [1.54, 1.807) is 6.92 Å². The van der Waals surface area contributed by atoms with Crippen LogP contribution in [0.1, 0.15) is 12.6 Å². The fourth-order valence-corrected chi connectivity index (χ4v) is 1.55. The van der Waals surface area contributed by atoms with Gasteiger partial charge < -0.3 is 10.6 Å².